The van der Waals surface area contributed by atoms with Crippen molar-refractivity contribution >= 4 is 21.6 Å². The van der Waals surface area contributed by atoms with Gasteiger partial charge < -0.3 is 4.90 Å². The number of halogens is 1. The van der Waals surface area contributed by atoms with Crippen molar-refractivity contribution < 1.29 is 8.42 Å². The highest BCUT2D eigenvalue weighted by molar-refractivity contribution is 7.89. The third-order valence-corrected chi connectivity index (χ3v) is 6.71. The first kappa shape index (κ1) is 17.1. The highest BCUT2D eigenvalue weighted by atomic mass is 35.5. The van der Waals surface area contributed by atoms with Gasteiger partial charge in [0.1, 0.15) is 10.0 Å². The number of hydrogen-bond donors (Lipinski definition) is 0. The molecule has 0 N–H and O–H groups in total. The van der Waals surface area contributed by atoms with Crippen LogP contribution in [0, 0.1) is 0 Å². The molecule has 0 radical (unpaired) electrons. The van der Waals surface area contributed by atoms with Gasteiger partial charge in [-0.2, -0.15) is 4.31 Å². The van der Waals surface area contributed by atoms with Gasteiger partial charge >= 0.3 is 0 Å². The Kier molecular flexibility index (Phi) is 5.53. The zero-order valence-corrected chi connectivity index (χ0v) is 14.8. The molecule has 3 heterocycles. The smallest absolute Gasteiger partial charge is 0.244 e. The van der Waals surface area contributed by atoms with Crippen LogP contribution in [-0.4, -0.2) is 79.9 Å². The summed E-state index contributed by atoms with van der Waals surface area (Å²) in [5.74, 6) is 0. The SMILES string of the molecule is O=S(=O)(c1ccc(Cl)nc1)N1CCN(CCN2CCCC2)CC1. The highest BCUT2D eigenvalue weighted by Crippen LogP contribution is 2.18. The molecule has 0 bridgehead atoms. The predicted octanol–water partition coefficient (Wildman–Crippen LogP) is 1.14. The monoisotopic (exact) mass is 358 g/mol. The topological polar surface area (TPSA) is 56.8 Å². The number of pyridine rings is 1. The maximum absolute atomic E-state index is 12.6. The largest absolute Gasteiger partial charge is 0.302 e. The average Bonchev–Trinajstić information content (AvgIpc) is 3.07. The van der Waals surface area contributed by atoms with Crippen molar-refractivity contribution in [1.82, 2.24) is 19.1 Å². The number of sulfonamides is 1. The van der Waals surface area contributed by atoms with E-state index in [4.69, 9.17) is 11.6 Å². The van der Waals surface area contributed by atoms with Crippen LogP contribution in [0.2, 0.25) is 5.15 Å². The van der Waals surface area contributed by atoms with Crippen LogP contribution in [-0.2, 0) is 10.0 Å². The number of piperazine rings is 1. The summed E-state index contributed by atoms with van der Waals surface area (Å²) in [7, 11) is -3.46. The van der Waals surface area contributed by atoms with E-state index >= 15 is 0 Å². The van der Waals surface area contributed by atoms with Gasteiger partial charge in [-0.1, -0.05) is 11.6 Å². The molecule has 1 aromatic heterocycles. The number of rotatable bonds is 5. The summed E-state index contributed by atoms with van der Waals surface area (Å²) in [4.78, 5) is 8.93. The molecule has 1 aromatic rings. The fraction of sp³-hybridized carbons (Fsp3) is 0.667. The van der Waals surface area contributed by atoms with Gasteiger partial charge in [0.15, 0.2) is 0 Å². The lowest BCUT2D eigenvalue weighted by atomic mass is 10.3. The molecule has 2 fully saturated rings. The first-order valence-corrected chi connectivity index (χ1v) is 9.94. The molecular weight excluding hydrogens is 336 g/mol. The Hall–Kier alpha value is -0.730. The van der Waals surface area contributed by atoms with Crippen LogP contribution in [0.1, 0.15) is 12.8 Å². The molecule has 2 saturated heterocycles. The summed E-state index contributed by atoms with van der Waals surface area (Å²) < 4.78 is 26.7. The van der Waals surface area contributed by atoms with Crippen molar-refractivity contribution in [2.45, 2.75) is 17.7 Å². The van der Waals surface area contributed by atoms with Crippen LogP contribution >= 0.6 is 11.6 Å². The van der Waals surface area contributed by atoms with E-state index in [1.165, 1.54) is 44.3 Å². The summed E-state index contributed by atoms with van der Waals surface area (Å²) in [6.07, 6.45) is 3.94. The Morgan fingerprint density at radius 2 is 1.57 bits per heavy atom. The summed E-state index contributed by atoms with van der Waals surface area (Å²) in [6, 6.07) is 3.03. The maximum atomic E-state index is 12.6. The van der Waals surface area contributed by atoms with Crippen molar-refractivity contribution in [2.75, 3.05) is 52.4 Å². The van der Waals surface area contributed by atoms with Crippen LogP contribution in [0.4, 0.5) is 0 Å². The van der Waals surface area contributed by atoms with Gasteiger partial charge in [-0.3, -0.25) is 4.90 Å². The van der Waals surface area contributed by atoms with Crippen LogP contribution in [0.25, 0.3) is 0 Å². The van der Waals surface area contributed by atoms with Crippen LogP contribution in [0.15, 0.2) is 23.2 Å². The number of likely N-dealkylation sites (tertiary alicyclic amines) is 1. The molecule has 128 valence electrons. The number of hydrogen-bond acceptors (Lipinski definition) is 5. The molecule has 2 aliphatic rings. The normalized spacial score (nSPS) is 21.8. The Morgan fingerprint density at radius 1 is 0.957 bits per heavy atom. The minimum atomic E-state index is -3.46. The molecule has 0 unspecified atom stereocenters. The average molecular weight is 359 g/mol. The van der Waals surface area contributed by atoms with E-state index in [1.54, 1.807) is 4.31 Å². The van der Waals surface area contributed by atoms with Crippen LogP contribution in [0.3, 0.4) is 0 Å². The fourth-order valence-electron chi connectivity index (χ4n) is 3.15. The Labute approximate surface area is 143 Å². The summed E-state index contributed by atoms with van der Waals surface area (Å²) in [5, 5.41) is 0.302. The van der Waals surface area contributed by atoms with Crippen molar-refractivity contribution in [3.8, 4) is 0 Å². The third kappa shape index (κ3) is 4.22. The van der Waals surface area contributed by atoms with E-state index in [2.05, 4.69) is 14.8 Å². The molecular formula is C15H23ClN4O2S. The van der Waals surface area contributed by atoms with E-state index < -0.39 is 10.0 Å². The Bertz CT molecular complexity index is 609. The summed E-state index contributed by atoms with van der Waals surface area (Å²) >= 11 is 5.73. The molecule has 6 nitrogen and oxygen atoms in total. The quantitative estimate of drug-likeness (QED) is 0.739. The van der Waals surface area contributed by atoms with E-state index in [-0.39, 0.29) is 4.90 Å². The molecule has 8 heteroatoms. The maximum Gasteiger partial charge on any atom is 0.244 e. The van der Waals surface area contributed by atoms with E-state index in [0.717, 1.165) is 26.2 Å². The predicted molar refractivity (Wildman–Crippen MR) is 90.1 cm³/mol. The van der Waals surface area contributed by atoms with Gasteiger partial charge in [-0.25, -0.2) is 13.4 Å². The second kappa shape index (κ2) is 7.44. The van der Waals surface area contributed by atoms with Gasteiger partial charge in [0.25, 0.3) is 0 Å². The number of aromatic nitrogens is 1. The zero-order chi connectivity index (χ0) is 16.3. The van der Waals surface area contributed by atoms with E-state index in [1.807, 2.05) is 0 Å². The third-order valence-electron chi connectivity index (χ3n) is 4.60. The first-order valence-electron chi connectivity index (χ1n) is 8.12. The lowest BCUT2D eigenvalue weighted by molar-refractivity contribution is 0.168. The van der Waals surface area contributed by atoms with Crippen molar-refractivity contribution in [1.29, 1.82) is 0 Å². The fourth-order valence-corrected chi connectivity index (χ4v) is 4.63. The second-order valence-electron chi connectivity index (χ2n) is 6.11. The molecule has 0 saturated carbocycles. The molecule has 2 aliphatic heterocycles. The van der Waals surface area contributed by atoms with E-state index in [0.29, 0.717) is 18.2 Å². The lowest BCUT2D eigenvalue weighted by Gasteiger charge is -2.34. The molecule has 0 aliphatic carbocycles. The van der Waals surface area contributed by atoms with Crippen LogP contribution in [0.5, 0.6) is 0 Å². The minimum absolute atomic E-state index is 0.215. The molecule has 0 atom stereocenters. The highest BCUT2D eigenvalue weighted by Gasteiger charge is 2.28. The lowest BCUT2D eigenvalue weighted by Crippen LogP contribution is -2.50. The molecule has 0 amide bonds. The first-order chi connectivity index (χ1) is 11.1. The van der Waals surface area contributed by atoms with Gasteiger partial charge in [0.05, 0.1) is 0 Å². The molecule has 0 aromatic carbocycles. The zero-order valence-electron chi connectivity index (χ0n) is 13.2. The molecule has 0 spiro atoms. The summed E-state index contributed by atoms with van der Waals surface area (Å²) in [5.41, 5.74) is 0. The van der Waals surface area contributed by atoms with Crippen molar-refractivity contribution in [3.63, 3.8) is 0 Å². The Morgan fingerprint density at radius 3 is 2.13 bits per heavy atom. The van der Waals surface area contributed by atoms with Crippen molar-refractivity contribution in [2.24, 2.45) is 0 Å². The van der Waals surface area contributed by atoms with Gasteiger partial charge in [0.2, 0.25) is 10.0 Å². The summed E-state index contributed by atoms with van der Waals surface area (Å²) in [6.45, 7) is 7.16. The van der Waals surface area contributed by atoms with Gasteiger partial charge in [-0.05, 0) is 38.1 Å². The number of nitrogens with zero attached hydrogens (tertiary/aromatic N) is 4. The van der Waals surface area contributed by atoms with Crippen molar-refractivity contribution in [3.05, 3.63) is 23.5 Å². The molecule has 3 rings (SSSR count). The standard InChI is InChI=1S/C15H23ClN4O2S/c16-15-4-3-14(13-17-15)23(21,22)20-11-9-19(10-12-20)8-7-18-5-1-2-6-18/h3-4,13H,1-2,5-12H2. The molecule has 23 heavy (non-hydrogen) atoms. The van der Waals surface area contributed by atoms with Crippen LogP contribution < -0.4 is 0 Å². The second-order valence-corrected chi connectivity index (χ2v) is 8.44. The van der Waals surface area contributed by atoms with E-state index in [9.17, 15) is 8.42 Å². The van der Waals surface area contributed by atoms with Gasteiger partial charge in [-0.15, -0.1) is 0 Å². The minimum Gasteiger partial charge on any atom is -0.302 e. The van der Waals surface area contributed by atoms with Gasteiger partial charge in [0, 0.05) is 45.5 Å². The Balaban J connectivity index is 1.52.